The number of hydrogen-bond donors (Lipinski definition) is 0. The zero-order chi connectivity index (χ0) is 27.1. The Kier molecular flexibility index (Phi) is 6.38. The van der Waals surface area contributed by atoms with Gasteiger partial charge in [-0.1, -0.05) is 37.6 Å². The van der Waals surface area contributed by atoms with E-state index in [1.807, 2.05) is 24.3 Å². The van der Waals surface area contributed by atoms with E-state index in [4.69, 9.17) is 9.47 Å². The number of methoxy groups -OCH3 is 1. The molecular weight excluding hydrogens is 494 g/mol. The van der Waals surface area contributed by atoms with E-state index in [0.717, 1.165) is 24.0 Å². The Morgan fingerprint density at radius 3 is 2.31 bits per heavy atom. The van der Waals surface area contributed by atoms with E-state index in [2.05, 4.69) is 12.0 Å². The lowest BCUT2D eigenvalue weighted by Gasteiger charge is -2.33. The molecule has 8 nitrogen and oxygen atoms in total. The highest BCUT2D eigenvalue weighted by Crippen LogP contribution is 2.53. The summed E-state index contributed by atoms with van der Waals surface area (Å²) >= 11 is 0. The summed E-state index contributed by atoms with van der Waals surface area (Å²) in [6.45, 7) is 2.70. The lowest BCUT2D eigenvalue weighted by molar-refractivity contribution is -0.124. The number of unbranched alkanes of at least 4 members (excludes halogenated alkanes) is 1. The van der Waals surface area contributed by atoms with Gasteiger partial charge in [-0.15, -0.1) is 0 Å². The van der Waals surface area contributed by atoms with Crippen molar-refractivity contribution in [1.82, 2.24) is 5.01 Å². The molecule has 0 radical (unpaired) electrons. The second-order valence-corrected chi connectivity index (χ2v) is 10.00. The highest BCUT2D eigenvalue weighted by Gasteiger charge is 2.65. The van der Waals surface area contributed by atoms with E-state index >= 15 is 0 Å². The molecule has 198 valence electrons. The summed E-state index contributed by atoms with van der Waals surface area (Å²) in [5.41, 5.74) is 2.66. The molecule has 2 saturated heterocycles. The number of hydrogen-bond acceptors (Lipinski definition) is 7. The number of ketones is 1. The average molecular weight is 524 g/mol. The zero-order valence-electron chi connectivity index (χ0n) is 21.8. The van der Waals surface area contributed by atoms with E-state index in [0.29, 0.717) is 29.4 Å². The second kappa shape index (κ2) is 10.0. The Bertz CT molecular complexity index is 1450. The van der Waals surface area contributed by atoms with Crippen molar-refractivity contribution in [3.8, 4) is 11.5 Å². The van der Waals surface area contributed by atoms with Gasteiger partial charge in [0.1, 0.15) is 17.5 Å². The van der Waals surface area contributed by atoms with Gasteiger partial charge < -0.3 is 9.47 Å². The molecular formula is C31H29N3O5. The van der Waals surface area contributed by atoms with Gasteiger partial charge in [0.15, 0.2) is 5.78 Å². The molecule has 4 atom stereocenters. The fourth-order valence-corrected chi connectivity index (χ4v) is 5.87. The van der Waals surface area contributed by atoms with Gasteiger partial charge in [0.2, 0.25) is 11.8 Å². The quantitative estimate of drug-likeness (QED) is 0.243. The number of ether oxygens (including phenoxy) is 2. The summed E-state index contributed by atoms with van der Waals surface area (Å²) in [5, 5.41) is 6.28. The van der Waals surface area contributed by atoms with Crippen molar-refractivity contribution in [3.05, 3.63) is 89.5 Å². The summed E-state index contributed by atoms with van der Waals surface area (Å²) < 4.78 is 11.0. The molecule has 3 aliphatic rings. The van der Waals surface area contributed by atoms with Gasteiger partial charge in [0, 0.05) is 5.56 Å². The molecule has 6 rings (SSSR count). The highest BCUT2D eigenvalue weighted by atomic mass is 16.5. The van der Waals surface area contributed by atoms with Crippen molar-refractivity contribution in [2.45, 2.75) is 31.8 Å². The first kappa shape index (κ1) is 24.9. The molecule has 2 amide bonds. The first-order chi connectivity index (χ1) is 19.0. The van der Waals surface area contributed by atoms with Gasteiger partial charge in [-0.25, -0.2) is 4.90 Å². The molecule has 0 spiro atoms. The average Bonchev–Trinajstić information content (AvgIpc) is 3.45. The summed E-state index contributed by atoms with van der Waals surface area (Å²) in [4.78, 5) is 43.2. The monoisotopic (exact) mass is 523 g/mol. The fraction of sp³-hybridized carbons (Fsp3) is 0.290. The number of carbonyl (C=O) groups excluding carboxylic acids is 3. The van der Waals surface area contributed by atoms with Crippen LogP contribution in [-0.2, 0) is 9.59 Å². The number of imide groups is 1. The molecule has 3 heterocycles. The molecule has 39 heavy (non-hydrogen) atoms. The van der Waals surface area contributed by atoms with Crippen LogP contribution in [0.1, 0.15) is 47.3 Å². The third kappa shape index (κ3) is 4.07. The van der Waals surface area contributed by atoms with Gasteiger partial charge in [-0.05, 0) is 66.1 Å². The van der Waals surface area contributed by atoms with Crippen LogP contribution in [0.5, 0.6) is 11.5 Å². The van der Waals surface area contributed by atoms with Crippen molar-refractivity contribution in [2.75, 3.05) is 18.6 Å². The molecule has 0 aromatic heterocycles. The van der Waals surface area contributed by atoms with Crippen molar-refractivity contribution in [2.24, 2.45) is 16.9 Å². The SMILES string of the molecule is CCCCOc1ccc(N2C(=O)C3C(C2=O)C2c4ccccc4C=NN2C3C(=O)c2ccc(OC)cc2)cc1. The highest BCUT2D eigenvalue weighted by molar-refractivity contribution is 6.24. The van der Waals surface area contributed by atoms with Gasteiger partial charge in [0.05, 0.1) is 43.5 Å². The first-order valence-electron chi connectivity index (χ1n) is 13.2. The topological polar surface area (TPSA) is 88.5 Å². The second-order valence-electron chi connectivity index (χ2n) is 10.00. The number of carbonyl (C=O) groups is 3. The Balaban J connectivity index is 1.38. The number of rotatable bonds is 8. The van der Waals surface area contributed by atoms with E-state index in [-0.39, 0.29) is 11.7 Å². The lowest BCUT2D eigenvalue weighted by atomic mass is 9.83. The Morgan fingerprint density at radius 2 is 1.59 bits per heavy atom. The number of nitrogens with zero attached hydrogens (tertiary/aromatic N) is 3. The summed E-state index contributed by atoms with van der Waals surface area (Å²) in [6.07, 6.45) is 3.67. The van der Waals surface area contributed by atoms with Gasteiger partial charge in [-0.2, -0.15) is 5.10 Å². The van der Waals surface area contributed by atoms with Crippen LogP contribution in [0.3, 0.4) is 0 Å². The molecule has 8 heteroatoms. The molecule has 3 aliphatic heterocycles. The number of benzene rings is 3. The van der Waals surface area contributed by atoms with Crippen molar-refractivity contribution < 1.29 is 23.9 Å². The van der Waals surface area contributed by atoms with Crippen LogP contribution in [0.25, 0.3) is 0 Å². The van der Waals surface area contributed by atoms with Crippen LogP contribution in [0.2, 0.25) is 0 Å². The molecule has 0 saturated carbocycles. The number of fused-ring (bicyclic) bond motifs is 5. The summed E-state index contributed by atoms with van der Waals surface area (Å²) in [6, 6.07) is 20.0. The third-order valence-electron chi connectivity index (χ3n) is 7.80. The molecule has 0 bridgehead atoms. The molecule has 2 fully saturated rings. The standard InChI is InChI=1S/C31H29N3O5/c1-3-4-17-39-23-15-11-21(12-16-23)33-30(36)25-26(31(33)37)28(29(35)19-9-13-22(38-2)14-10-19)34-27(25)24-8-6-5-7-20(24)18-32-34/h5-16,18,25-28H,3-4,17H2,1-2H3. The molecule has 3 aromatic carbocycles. The number of hydrazone groups is 1. The minimum Gasteiger partial charge on any atom is -0.497 e. The maximum absolute atomic E-state index is 14.0. The summed E-state index contributed by atoms with van der Waals surface area (Å²) in [5.74, 6) is -1.28. The maximum Gasteiger partial charge on any atom is 0.240 e. The lowest BCUT2D eigenvalue weighted by Crippen LogP contribution is -2.44. The van der Waals surface area contributed by atoms with E-state index in [9.17, 15) is 14.4 Å². The van der Waals surface area contributed by atoms with Crippen LogP contribution in [0, 0.1) is 11.8 Å². The van der Waals surface area contributed by atoms with Crippen LogP contribution < -0.4 is 14.4 Å². The van der Waals surface area contributed by atoms with Gasteiger partial charge in [-0.3, -0.25) is 19.4 Å². The Morgan fingerprint density at radius 1 is 0.897 bits per heavy atom. The molecule has 3 aromatic rings. The van der Waals surface area contributed by atoms with Crippen molar-refractivity contribution >= 4 is 29.5 Å². The minimum atomic E-state index is -0.920. The number of anilines is 1. The zero-order valence-corrected chi connectivity index (χ0v) is 21.8. The normalized spacial score (nSPS) is 22.9. The minimum absolute atomic E-state index is 0.255. The van der Waals surface area contributed by atoms with Crippen LogP contribution in [0.15, 0.2) is 77.9 Å². The number of amides is 2. The fourth-order valence-electron chi connectivity index (χ4n) is 5.87. The van der Waals surface area contributed by atoms with Crippen molar-refractivity contribution in [3.63, 3.8) is 0 Å². The predicted molar refractivity (Wildman–Crippen MR) is 146 cm³/mol. The van der Waals surface area contributed by atoms with E-state index < -0.39 is 29.8 Å². The maximum atomic E-state index is 14.0. The first-order valence-corrected chi connectivity index (χ1v) is 13.2. The molecule has 0 N–H and O–H groups in total. The molecule has 0 aliphatic carbocycles. The van der Waals surface area contributed by atoms with Crippen LogP contribution in [-0.4, -0.2) is 48.6 Å². The van der Waals surface area contributed by atoms with E-state index in [1.54, 1.807) is 66.9 Å². The van der Waals surface area contributed by atoms with Gasteiger partial charge in [0.25, 0.3) is 0 Å². The van der Waals surface area contributed by atoms with Crippen LogP contribution >= 0.6 is 0 Å². The van der Waals surface area contributed by atoms with Crippen LogP contribution in [0.4, 0.5) is 5.69 Å². The van der Waals surface area contributed by atoms with Gasteiger partial charge >= 0.3 is 0 Å². The Hall–Kier alpha value is -4.46. The predicted octanol–water partition coefficient (Wildman–Crippen LogP) is 4.64. The number of Topliss-reactive ketones (excluding diaryl/α,β-unsaturated/α-hetero) is 1. The Labute approximate surface area is 226 Å². The largest absolute Gasteiger partial charge is 0.497 e. The van der Waals surface area contributed by atoms with Crippen molar-refractivity contribution in [1.29, 1.82) is 0 Å². The summed E-state index contributed by atoms with van der Waals surface area (Å²) in [7, 11) is 1.56. The molecule has 4 unspecified atom stereocenters. The third-order valence-corrected chi connectivity index (χ3v) is 7.80. The smallest absolute Gasteiger partial charge is 0.240 e. The van der Waals surface area contributed by atoms with E-state index in [1.165, 1.54) is 4.90 Å².